The number of hydrogen-bond acceptors (Lipinski definition) is 8. The second-order valence-electron chi connectivity index (χ2n) is 6.88. The molecular formula is C25H20ClNO6S. The Hall–Kier alpha value is -3.46. The van der Waals surface area contributed by atoms with Crippen LogP contribution in [0.1, 0.15) is 38.0 Å². The highest BCUT2D eigenvalue weighted by molar-refractivity contribution is 7.99. The average Bonchev–Trinajstić information content (AvgIpc) is 2.86. The summed E-state index contributed by atoms with van der Waals surface area (Å²) < 4.78 is 4.88. The van der Waals surface area contributed by atoms with Crippen LogP contribution in [0.3, 0.4) is 0 Å². The lowest BCUT2D eigenvalue weighted by Gasteiger charge is -2.07. The largest absolute Gasteiger partial charge is 0.460 e. The minimum atomic E-state index is -0.668. The van der Waals surface area contributed by atoms with Gasteiger partial charge < -0.3 is 14.7 Å². The van der Waals surface area contributed by atoms with Gasteiger partial charge in [0.1, 0.15) is 12.3 Å². The van der Waals surface area contributed by atoms with E-state index < -0.39 is 17.7 Å². The second-order valence-corrected chi connectivity index (χ2v) is 8.43. The third kappa shape index (κ3) is 6.77. The van der Waals surface area contributed by atoms with Gasteiger partial charge in [0, 0.05) is 15.4 Å². The zero-order chi connectivity index (χ0) is 24.5. The van der Waals surface area contributed by atoms with Crippen molar-refractivity contribution in [2.75, 3.05) is 13.2 Å². The van der Waals surface area contributed by atoms with Crippen molar-refractivity contribution in [3.05, 3.63) is 94.5 Å². The van der Waals surface area contributed by atoms with Crippen LogP contribution in [-0.4, -0.2) is 41.8 Å². The molecule has 0 radical (unpaired) electrons. The molecule has 0 aliphatic heterocycles. The van der Waals surface area contributed by atoms with Crippen LogP contribution < -0.4 is 0 Å². The summed E-state index contributed by atoms with van der Waals surface area (Å²) in [4.78, 5) is 43.0. The van der Waals surface area contributed by atoms with Gasteiger partial charge in [-0.25, -0.2) is 9.59 Å². The van der Waals surface area contributed by atoms with Crippen LogP contribution in [0, 0.1) is 0 Å². The number of halogens is 1. The fraction of sp³-hybridized carbons (Fsp3) is 0.120. The molecule has 0 saturated heterocycles. The maximum atomic E-state index is 12.7. The van der Waals surface area contributed by atoms with E-state index in [0.717, 1.165) is 9.79 Å². The first-order chi connectivity index (χ1) is 16.4. The number of aliphatic hydroxyl groups excluding tert-OH is 1. The predicted octanol–water partition coefficient (Wildman–Crippen LogP) is 5.06. The molecule has 1 N–H and O–H groups in total. The summed E-state index contributed by atoms with van der Waals surface area (Å²) in [6.07, 6.45) is 0. The minimum absolute atomic E-state index is 0.0183. The predicted molar refractivity (Wildman–Crippen MR) is 129 cm³/mol. The summed E-state index contributed by atoms with van der Waals surface area (Å²) in [5.74, 6) is -1.64. The number of benzene rings is 3. The molecule has 0 atom stereocenters. The van der Waals surface area contributed by atoms with Gasteiger partial charge in [-0.05, 0) is 61.5 Å². The van der Waals surface area contributed by atoms with E-state index in [-0.39, 0.29) is 29.5 Å². The SMILES string of the molecule is C/C(=N\OC(=O)c1ccccc1)C(=O)c1ccc(Sc2ccc(C(=O)OCCO)cc2)cc1Cl. The van der Waals surface area contributed by atoms with E-state index in [4.69, 9.17) is 26.3 Å². The molecule has 3 aromatic carbocycles. The van der Waals surface area contributed by atoms with Crippen molar-refractivity contribution < 1.29 is 29.1 Å². The van der Waals surface area contributed by atoms with Gasteiger partial charge in [-0.1, -0.05) is 46.7 Å². The first-order valence-electron chi connectivity index (χ1n) is 10.1. The molecular weight excluding hydrogens is 478 g/mol. The summed E-state index contributed by atoms with van der Waals surface area (Å²) in [6, 6.07) is 20.0. The standard InChI is InChI=1S/C25H20ClNO6S/c1-16(27-33-25(31)17-5-3-2-4-6-17)23(29)21-12-11-20(15-22(21)26)34-19-9-7-18(8-10-19)24(30)32-14-13-28/h2-12,15,28H,13-14H2,1H3/b27-16+. The molecule has 0 spiro atoms. The molecule has 0 fully saturated rings. The monoisotopic (exact) mass is 497 g/mol. The zero-order valence-corrected chi connectivity index (χ0v) is 19.6. The first-order valence-corrected chi connectivity index (χ1v) is 11.3. The van der Waals surface area contributed by atoms with Crippen LogP contribution in [0.5, 0.6) is 0 Å². The Bertz CT molecular complexity index is 1210. The molecule has 3 aromatic rings. The molecule has 0 unspecified atom stereocenters. The van der Waals surface area contributed by atoms with E-state index in [2.05, 4.69) is 5.16 Å². The smallest absolute Gasteiger partial charge is 0.365 e. The number of carbonyl (C=O) groups excluding carboxylic acids is 3. The van der Waals surface area contributed by atoms with Gasteiger partial charge in [-0.3, -0.25) is 4.79 Å². The van der Waals surface area contributed by atoms with Gasteiger partial charge in [0.15, 0.2) is 0 Å². The summed E-state index contributed by atoms with van der Waals surface area (Å²) >= 11 is 7.72. The molecule has 0 bridgehead atoms. The van der Waals surface area contributed by atoms with Crippen LogP contribution in [0.15, 0.2) is 87.7 Å². The summed E-state index contributed by atoms with van der Waals surface area (Å²) in [7, 11) is 0. The molecule has 3 rings (SSSR count). The molecule has 0 aromatic heterocycles. The van der Waals surface area contributed by atoms with Gasteiger partial charge >= 0.3 is 11.9 Å². The molecule has 0 amide bonds. The summed E-state index contributed by atoms with van der Waals surface area (Å²) in [5.41, 5.74) is 0.903. The number of Topliss-reactive ketones (excluding diaryl/α,β-unsaturated/α-hetero) is 1. The Balaban J connectivity index is 1.64. The lowest BCUT2D eigenvalue weighted by Crippen LogP contribution is -2.13. The van der Waals surface area contributed by atoms with Crippen molar-refractivity contribution in [1.82, 2.24) is 0 Å². The van der Waals surface area contributed by atoms with Crippen LogP contribution in [-0.2, 0) is 9.57 Å². The van der Waals surface area contributed by atoms with Crippen molar-refractivity contribution >= 4 is 46.8 Å². The van der Waals surface area contributed by atoms with Crippen LogP contribution in [0.25, 0.3) is 0 Å². The van der Waals surface area contributed by atoms with Gasteiger partial charge in [0.25, 0.3) is 0 Å². The highest BCUT2D eigenvalue weighted by Crippen LogP contribution is 2.31. The number of aliphatic hydroxyl groups is 1. The molecule has 0 aliphatic carbocycles. The van der Waals surface area contributed by atoms with E-state index in [1.165, 1.54) is 18.7 Å². The maximum Gasteiger partial charge on any atom is 0.365 e. The highest BCUT2D eigenvalue weighted by atomic mass is 35.5. The van der Waals surface area contributed by atoms with Crippen molar-refractivity contribution in [2.45, 2.75) is 16.7 Å². The van der Waals surface area contributed by atoms with E-state index in [1.807, 2.05) is 0 Å². The molecule has 7 nitrogen and oxygen atoms in total. The maximum absolute atomic E-state index is 12.7. The van der Waals surface area contributed by atoms with E-state index >= 15 is 0 Å². The third-order valence-corrected chi connectivity index (χ3v) is 5.75. The molecule has 0 saturated carbocycles. The second kappa shape index (κ2) is 12.1. The number of carbonyl (C=O) groups is 3. The first kappa shape index (κ1) is 25.2. The Morgan fingerprint density at radius 3 is 2.21 bits per heavy atom. The fourth-order valence-corrected chi connectivity index (χ4v) is 3.92. The fourth-order valence-electron chi connectivity index (χ4n) is 2.73. The average molecular weight is 498 g/mol. The summed E-state index contributed by atoms with van der Waals surface area (Å²) in [6.45, 7) is 1.15. The summed E-state index contributed by atoms with van der Waals surface area (Å²) in [5, 5.41) is 12.6. The van der Waals surface area contributed by atoms with Crippen molar-refractivity contribution in [3.63, 3.8) is 0 Å². The Morgan fingerprint density at radius 2 is 1.56 bits per heavy atom. The van der Waals surface area contributed by atoms with Crippen molar-refractivity contribution in [2.24, 2.45) is 5.16 Å². The number of ketones is 1. The normalized spacial score (nSPS) is 11.1. The van der Waals surface area contributed by atoms with Gasteiger partial charge in [-0.2, -0.15) is 0 Å². The molecule has 9 heteroatoms. The lowest BCUT2D eigenvalue weighted by atomic mass is 10.1. The Labute approximate surface area is 205 Å². The number of hydrogen-bond donors (Lipinski definition) is 1. The number of oxime groups is 1. The number of rotatable bonds is 9. The highest BCUT2D eigenvalue weighted by Gasteiger charge is 2.16. The van der Waals surface area contributed by atoms with Crippen LogP contribution >= 0.6 is 23.4 Å². The number of esters is 1. The third-order valence-electron chi connectivity index (χ3n) is 4.44. The molecule has 174 valence electrons. The molecule has 0 aliphatic rings. The van der Waals surface area contributed by atoms with E-state index in [9.17, 15) is 14.4 Å². The Morgan fingerprint density at radius 1 is 0.912 bits per heavy atom. The van der Waals surface area contributed by atoms with Gasteiger partial charge in [0.2, 0.25) is 5.78 Å². The molecule has 0 heterocycles. The Kier molecular flexibility index (Phi) is 8.98. The number of ether oxygens (including phenoxy) is 1. The molecule has 34 heavy (non-hydrogen) atoms. The van der Waals surface area contributed by atoms with E-state index in [0.29, 0.717) is 11.1 Å². The zero-order valence-electron chi connectivity index (χ0n) is 18.1. The van der Waals surface area contributed by atoms with Gasteiger partial charge in [-0.15, -0.1) is 0 Å². The number of nitrogens with zero attached hydrogens (tertiary/aromatic N) is 1. The van der Waals surface area contributed by atoms with Crippen LogP contribution in [0.4, 0.5) is 0 Å². The lowest BCUT2D eigenvalue weighted by molar-refractivity contribution is 0.0433. The topological polar surface area (TPSA) is 102 Å². The van der Waals surface area contributed by atoms with Crippen molar-refractivity contribution in [1.29, 1.82) is 0 Å². The van der Waals surface area contributed by atoms with E-state index in [1.54, 1.807) is 72.8 Å². The van der Waals surface area contributed by atoms with Crippen molar-refractivity contribution in [3.8, 4) is 0 Å². The minimum Gasteiger partial charge on any atom is -0.460 e. The van der Waals surface area contributed by atoms with Crippen LogP contribution in [0.2, 0.25) is 5.02 Å². The van der Waals surface area contributed by atoms with Gasteiger partial charge in [0.05, 0.1) is 22.8 Å². The quantitative estimate of drug-likeness (QED) is 0.145.